The van der Waals surface area contributed by atoms with Crippen LogP contribution in [0.2, 0.25) is 0 Å². The number of fused-ring (bicyclic) bond motifs is 2. The third-order valence-electron chi connectivity index (χ3n) is 10.3. The van der Waals surface area contributed by atoms with Gasteiger partial charge in [-0.1, -0.05) is 73.5 Å². The number of carboxylic acid groups (broad SMARTS) is 1. The van der Waals surface area contributed by atoms with Gasteiger partial charge in [0.1, 0.15) is 0 Å². The predicted molar refractivity (Wildman–Crippen MR) is 222 cm³/mol. The topological polar surface area (TPSA) is 203 Å². The van der Waals surface area contributed by atoms with Crippen LogP contribution in [0.25, 0.3) is 22.3 Å². The van der Waals surface area contributed by atoms with E-state index in [1.165, 1.54) is 7.11 Å². The van der Waals surface area contributed by atoms with Crippen molar-refractivity contribution in [3.63, 3.8) is 0 Å². The molecule has 0 saturated heterocycles. The molecule has 15 heteroatoms. The Kier molecular flexibility index (Phi) is 20.7. The van der Waals surface area contributed by atoms with E-state index in [0.29, 0.717) is 73.1 Å². The van der Waals surface area contributed by atoms with Gasteiger partial charge in [-0.05, 0) is 60.1 Å². The number of carbonyl (C=O) groups is 4. The number of aliphatic carboxylic acids is 1. The molecule has 0 saturated carbocycles. The van der Waals surface area contributed by atoms with Crippen LogP contribution in [0.3, 0.4) is 0 Å². The monoisotopic (exact) mass is 822 g/mol. The molecular weight excluding hydrogens is 767 g/mol. The summed E-state index contributed by atoms with van der Waals surface area (Å²) >= 11 is 0. The van der Waals surface area contributed by atoms with Crippen LogP contribution >= 0.6 is 0 Å². The maximum atomic E-state index is 13.0. The first-order valence-electron chi connectivity index (χ1n) is 19.2. The molecule has 2 heterocycles. The number of methoxy groups -OCH3 is 5. The number of carboxylic acids is 1. The Balaban J connectivity index is 0.000000394. The van der Waals surface area contributed by atoms with Crippen molar-refractivity contribution in [2.75, 3.05) is 48.6 Å². The minimum atomic E-state index is -0.781. The summed E-state index contributed by atoms with van der Waals surface area (Å²) in [4.78, 5) is 51.5. The molecule has 14 nitrogen and oxygen atoms in total. The van der Waals surface area contributed by atoms with E-state index in [-0.39, 0.29) is 54.0 Å². The fourth-order valence-electron chi connectivity index (χ4n) is 7.43. The number of hydrogen-bond acceptors (Lipinski definition) is 10. The molecule has 60 heavy (non-hydrogen) atoms. The van der Waals surface area contributed by atoms with Gasteiger partial charge in [0.05, 0.1) is 35.5 Å². The minimum Gasteiger partial charge on any atom is -0.870 e. The van der Waals surface area contributed by atoms with E-state index in [2.05, 4.69) is 4.74 Å². The van der Waals surface area contributed by atoms with Crippen LogP contribution in [0.5, 0.6) is 23.0 Å². The van der Waals surface area contributed by atoms with Crippen LogP contribution in [-0.2, 0) is 27.4 Å². The Morgan fingerprint density at radius 3 is 1.35 bits per heavy atom. The molecular formula is C45H55LiN2O12. The summed E-state index contributed by atoms with van der Waals surface area (Å²) in [5, 5.41) is 8.73. The second-order valence-corrected chi connectivity index (χ2v) is 13.8. The molecule has 2 amide bonds. The van der Waals surface area contributed by atoms with Crippen molar-refractivity contribution in [2.45, 2.75) is 64.5 Å². The number of benzene rings is 4. The molecule has 0 fully saturated rings. The van der Waals surface area contributed by atoms with Crippen molar-refractivity contribution in [1.29, 1.82) is 0 Å². The summed E-state index contributed by atoms with van der Waals surface area (Å²) in [5.41, 5.74) is 6.98. The normalized spacial score (nSPS) is 12.1. The molecule has 6 rings (SSSR count). The summed E-state index contributed by atoms with van der Waals surface area (Å²) in [6.07, 6.45) is 5.24. The third kappa shape index (κ3) is 11.8. The number of rotatable bonds is 18. The Morgan fingerprint density at radius 2 is 1.00 bits per heavy atom. The smallest absolute Gasteiger partial charge is 0.870 e. The molecule has 4 N–H and O–H groups in total. The van der Waals surface area contributed by atoms with Crippen LogP contribution < -0.4 is 37.8 Å². The van der Waals surface area contributed by atoms with Crippen molar-refractivity contribution < 1.29 is 77.8 Å². The van der Waals surface area contributed by atoms with Gasteiger partial charge < -0.3 is 49.5 Å². The van der Waals surface area contributed by atoms with Gasteiger partial charge in [0.2, 0.25) is 0 Å². The van der Waals surface area contributed by atoms with E-state index in [9.17, 15) is 19.2 Å². The number of carbonyl (C=O) groups excluding carboxylic acids is 3. The quantitative estimate of drug-likeness (QED) is 0.0863. The van der Waals surface area contributed by atoms with Crippen molar-refractivity contribution in [2.24, 2.45) is 0 Å². The first-order valence-corrected chi connectivity index (χ1v) is 19.2. The number of ether oxygens (including phenoxy) is 5. The Bertz CT molecular complexity index is 2050. The summed E-state index contributed by atoms with van der Waals surface area (Å²) in [7, 11) is 7.77. The van der Waals surface area contributed by atoms with Crippen LogP contribution in [0.4, 0.5) is 0 Å². The second kappa shape index (κ2) is 24.5. The number of esters is 1. The SMILES string of the molecule is COC(=O)CCCCCN1Cc2c(cc(OC)c(OC)c2-c2ccccc2)C1=O.COc1cc2c(c(-c3ccccc3)c1OC)CN(CCCCCC(=O)O)C2=O.O.[Li+].[OH-]. The molecule has 0 bridgehead atoms. The molecule has 0 unspecified atom stereocenters. The van der Waals surface area contributed by atoms with Crippen LogP contribution in [-0.4, -0.2) is 98.3 Å². The first-order chi connectivity index (χ1) is 27.7. The van der Waals surface area contributed by atoms with Crippen LogP contribution in [0.15, 0.2) is 72.8 Å². The summed E-state index contributed by atoms with van der Waals surface area (Å²) in [6.45, 7) is 2.30. The Labute approximate surface area is 363 Å². The largest absolute Gasteiger partial charge is 1.00 e. The number of amides is 2. The van der Waals surface area contributed by atoms with E-state index in [0.717, 1.165) is 65.5 Å². The van der Waals surface area contributed by atoms with Crippen molar-refractivity contribution in [1.82, 2.24) is 9.80 Å². The molecule has 0 spiro atoms. The van der Waals surface area contributed by atoms with Gasteiger partial charge in [-0.25, -0.2) is 0 Å². The summed E-state index contributed by atoms with van der Waals surface area (Å²) < 4.78 is 27.0. The standard InChI is InChI=1S/C23H27NO5.C22H25NO5.Li.2H2O/c1-27-19-14-17-18(21(22(19)29-3)16-10-6-4-7-11-16)15-24(23(17)26)13-9-5-8-12-20(25)28-2;1-27-18-13-16-17(20(21(18)28-2)15-9-5-3-6-10-15)14-23(22(16)26)12-8-4-7-11-19(24)25;;;/h4,6-7,10-11,14H,5,8-9,12-13,15H2,1-3H3;3,5-6,9-10,13H,4,7-8,11-12,14H2,1-2H3,(H,24,25);;2*1H2/q;;+1;;/p-1. The Hall–Kier alpha value is -5.52. The van der Waals surface area contributed by atoms with Gasteiger partial charge in [0.25, 0.3) is 11.8 Å². The van der Waals surface area contributed by atoms with Gasteiger partial charge in [-0.2, -0.15) is 0 Å². The van der Waals surface area contributed by atoms with Crippen molar-refractivity contribution in [3.05, 3.63) is 95.1 Å². The fraction of sp³-hybridized carbons (Fsp3) is 0.378. The molecule has 2 aliphatic heterocycles. The molecule has 0 aromatic heterocycles. The van der Waals surface area contributed by atoms with Gasteiger partial charge in [0, 0.05) is 61.3 Å². The van der Waals surface area contributed by atoms with Crippen LogP contribution in [0.1, 0.15) is 83.2 Å². The maximum absolute atomic E-state index is 13.0. The predicted octanol–water partition coefficient (Wildman–Crippen LogP) is 4.03. The summed E-state index contributed by atoms with van der Waals surface area (Å²) in [6, 6.07) is 23.3. The van der Waals surface area contributed by atoms with E-state index in [1.54, 1.807) is 40.6 Å². The molecule has 2 aliphatic rings. The minimum absolute atomic E-state index is 0. The van der Waals surface area contributed by atoms with Gasteiger partial charge >= 0.3 is 30.8 Å². The van der Waals surface area contributed by atoms with Crippen molar-refractivity contribution in [3.8, 4) is 45.3 Å². The fourth-order valence-corrected chi connectivity index (χ4v) is 7.43. The zero-order valence-corrected chi connectivity index (χ0v) is 35.4. The summed E-state index contributed by atoms with van der Waals surface area (Å²) in [5.74, 6) is 1.37. The van der Waals surface area contributed by atoms with E-state index in [1.807, 2.05) is 70.5 Å². The molecule has 0 aliphatic carbocycles. The zero-order valence-electron chi connectivity index (χ0n) is 35.4. The number of nitrogens with zero attached hydrogens (tertiary/aromatic N) is 2. The first kappa shape index (κ1) is 50.6. The molecule has 318 valence electrons. The van der Waals surface area contributed by atoms with Crippen LogP contribution in [0, 0.1) is 0 Å². The molecule has 4 aromatic carbocycles. The van der Waals surface area contributed by atoms with Gasteiger partial charge in [0.15, 0.2) is 23.0 Å². The molecule has 0 atom stereocenters. The number of unbranched alkanes of at least 4 members (excludes halogenated alkanes) is 4. The average Bonchev–Trinajstić information content (AvgIpc) is 3.73. The molecule has 4 aromatic rings. The zero-order chi connectivity index (χ0) is 40.9. The van der Waals surface area contributed by atoms with Crippen molar-refractivity contribution >= 4 is 23.8 Å². The second-order valence-electron chi connectivity index (χ2n) is 13.8. The van der Waals surface area contributed by atoms with E-state index >= 15 is 0 Å². The van der Waals surface area contributed by atoms with E-state index < -0.39 is 5.97 Å². The average molecular weight is 823 g/mol. The maximum Gasteiger partial charge on any atom is 1.00 e. The van der Waals surface area contributed by atoms with Gasteiger partial charge in [-0.3, -0.25) is 19.2 Å². The van der Waals surface area contributed by atoms with E-state index in [4.69, 9.17) is 24.1 Å². The third-order valence-corrected chi connectivity index (χ3v) is 10.3. The van der Waals surface area contributed by atoms with Gasteiger partial charge in [-0.15, -0.1) is 0 Å². The number of hydrogen-bond donors (Lipinski definition) is 1. The Morgan fingerprint density at radius 1 is 0.600 bits per heavy atom. The molecule has 0 radical (unpaired) electrons.